The molecule has 2 heterocycles. The summed E-state index contributed by atoms with van der Waals surface area (Å²) in [6, 6.07) is 4.25. The SMILES string of the molecule is CC(NC(=O)OC(C)(C)C)c1cc(-c2nc3ccc(C(F)(F)F)cc3[nH]2)no1. The minimum absolute atomic E-state index is 0.231. The maximum absolute atomic E-state index is 12.8. The smallest absolute Gasteiger partial charge is 0.416 e. The molecule has 1 atom stereocenters. The van der Waals surface area contributed by atoms with E-state index < -0.39 is 29.5 Å². The molecule has 0 fully saturated rings. The molecule has 3 aromatic rings. The maximum atomic E-state index is 12.8. The van der Waals surface area contributed by atoms with Gasteiger partial charge in [-0.1, -0.05) is 5.16 Å². The van der Waals surface area contributed by atoms with Gasteiger partial charge in [-0.2, -0.15) is 13.2 Å². The molecule has 0 aliphatic rings. The topological polar surface area (TPSA) is 93.0 Å². The Balaban J connectivity index is 1.79. The molecule has 28 heavy (non-hydrogen) atoms. The highest BCUT2D eigenvalue weighted by Gasteiger charge is 2.31. The molecule has 0 radical (unpaired) electrons. The van der Waals surface area contributed by atoms with Crippen LogP contribution in [0.1, 0.15) is 45.1 Å². The number of nitrogens with one attached hydrogen (secondary N) is 2. The van der Waals surface area contributed by atoms with E-state index in [9.17, 15) is 18.0 Å². The molecule has 1 aromatic carbocycles. The van der Waals surface area contributed by atoms with Crippen molar-refractivity contribution in [1.29, 1.82) is 0 Å². The number of carbonyl (C=O) groups is 1. The first-order chi connectivity index (χ1) is 12.9. The molecule has 0 saturated heterocycles. The summed E-state index contributed by atoms with van der Waals surface area (Å²) in [5, 5.41) is 6.49. The molecule has 2 aromatic heterocycles. The fourth-order valence-electron chi connectivity index (χ4n) is 2.47. The molecule has 0 saturated carbocycles. The number of benzene rings is 1. The number of carbonyl (C=O) groups excluding carboxylic acids is 1. The predicted octanol–water partition coefficient (Wildman–Crippen LogP) is 4.82. The van der Waals surface area contributed by atoms with Gasteiger partial charge in [-0.15, -0.1) is 0 Å². The summed E-state index contributed by atoms with van der Waals surface area (Å²) in [5.74, 6) is 0.603. The van der Waals surface area contributed by atoms with Gasteiger partial charge in [0.25, 0.3) is 0 Å². The van der Waals surface area contributed by atoms with Crippen LogP contribution in [0.3, 0.4) is 0 Å². The molecule has 2 N–H and O–H groups in total. The summed E-state index contributed by atoms with van der Waals surface area (Å²) >= 11 is 0. The van der Waals surface area contributed by atoms with E-state index in [2.05, 4.69) is 20.4 Å². The Morgan fingerprint density at radius 1 is 1.25 bits per heavy atom. The van der Waals surface area contributed by atoms with Crippen LogP contribution in [-0.2, 0) is 10.9 Å². The Kier molecular flexibility index (Phi) is 4.82. The van der Waals surface area contributed by atoms with Crippen LogP contribution in [0.25, 0.3) is 22.6 Å². The van der Waals surface area contributed by atoms with E-state index in [0.717, 1.165) is 12.1 Å². The van der Waals surface area contributed by atoms with Gasteiger partial charge in [0.1, 0.15) is 11.3 Å². The first-order valence-electron chi connectivity index (χ1n) is 8.46. The van der Waals surface area contributed by atoms with Gasteiger partial charge >= 0.3 is 12.3 Å². The monoisotopic (exact) mass is 396 g/mol. The highest BCUT2D eigenvalue weighted by atomic mass is 19.4. The average Bonchev–Trinajstić information content (AvgIpc) is 3.18. The second kappa shape index (κ2) is 6.84. The second-order valence-corrected chi connectivity index (χ2v) is 7.30. The van der Waals surface area contributed by atoms with Gasteiger partial charge in [0, 0.05) is 6.07 Å². The number of halogens is 3. The molecule has 1 amide bonds. The van der Waals surface area contributed by atoms with E-state index in [0.29, 0.717) is 17.0 Å². The number of alkyl halides is 3. The lowest BCUT2D eigenvalue weighted by molar-refractivity contribution is -0.137. The number of hydrogen-bond donors (Lipinski definition) is 2. The fraction of sp³-hybridized carbons (Fsp3) is 0.389. The minimum Gasteiger partial charge on any atom is -0.444 e. The summed E-state index contributed by atoms with van der Waals surface area (Å²) in [7, 11) is 0. The van der Waals surface area contributed by atoms with Crippen molar-refractivity contribution in [3.63, 3.8) is 0 Å². The summed E-state index contributed by atoms with van der Waals surface area (Å²) < 4.78 is 48.9. The van der Waals surface area contributed by atoms with Crippen LogP contribution in [0.2, 0.25) is 0 Å². The number of ether oxygens (including phenoxy) is 1. The van der Waals surface area contributed by atoms with Crippen molar-refractivity contribution in [3.05, 3.63) is 35.6 Å². The number of imidazole rings is 1. The molecule has 7 nitrogen and oxygen atoms in total. The number of alkyl carbamates (subject to hydrolysis) is 1. The predicted molar refractivity (Wildman–Crippen MR) is 94.4 cm³/mol. The van der Waals surface area contributed by atoms with E-state index >= 15 is 0 Å². The lowest BCUT2D eigenvalue weighted by Gasteiger charge is -2.21. The molecular formula is C18H19F3N4O3. The lowest BCUT2D eigenvalue weighted by Crippen LogP contribution is -2.33. The van der Waals surface area contributed by atoms with Gasteiger partial charge in [-0.05, 0) is 45.9 Å². The number of nitrogens with zero attached hydrogens (tertiary/aromatic N) is 2. The van der Waals surface area contributed by atoms with E-state index in [1.165, 1.54) is 6.07 Å². The van der Waals surface area contributed by atoms with E-state index in [4.69, 9.17) is 9.26 Å². The van der Waals surface area contributed by atoms with Gasteiger partial charge in [-0.3, -0.25) is 0 Å². The van der Waals surface area contributed by atoms with Crippen LogP contribution < -0.4 is 5.32 Å². The average molecular weight is 396 g/mol. The normalized spacial score (nSPS) is 13.5. The molecule has 0 bridgehead atoms. The van der Waals surface area contributed by atoms with Crippen molar-refractivity contribution < 1.29 is 27.2 Å². The third-order valence-corrected chi connectivity index (χ3v) is 3.74. The number of amides is 1. The maximum Gasteiger partial charge on any atom is 0.416 e. The molecule has 150 valence electrons. The lowest BCUT2D eigenvalue weighted by atomic mass is 10.2. The van der Waals surface area contributed by atoms with Crippen LogP contribution in [0.5, 0.6) is 0 Å². The molecule has 10 heteroatoms. The first-order valence-corrected chi connectivity index (χ1v) is 8.46. The summed E-state index contributed by atoms with van der Waals surface area (Å²) in [5.41, 5.74) is -0.509. The third kappa shape index (κ3) is 4.44. The van der Waals surface area contributed by atoms with Gasteiger partial charge in [0.05, 0.1) is 22.6 Å². The van der Waals surface area contributed by atoms with Gasteiger partial charge < -0.3 is 19.6 Å². The van der Waals surface area contributed by atoms with Crippen molar-refractivity contribution in [1.82, 2.24) is 20.4 Å². The first kappa shape index (κ1) is 19.7. The Morgan fingerprint density at radius 3 is 2.61 bits per heavy atom. The Hall–Kier alpha value is -3.04. The Bertz CT molecular complexity index is 1000. The summed E-state index contributed by atoms with van der Waals surface area (Å²) in [4.78, 5) is 18.9. The van der Waals surface area contributed by atoms with Crippen LogP contribution in [-0.4, -0.2) is 26.8 Å². The van der Waals surface area contributed by atoms with Crippen molar-refractivity contribution in [3.8, 4) is 11.5 Å². The summed E-state index contributed by atoms with van der Waals surface area (Å²) in [6.45, 7) is 6.92. The molecule has 0 spiro atoms. The molecule has 1 unspecified atom stereocenters. The number of H-pyrrole nitrogens is 1. The number of aromatic nitrogens is 3. The van der Waals surface area contributed by atoms with Gasteiger partial charge in [0.2, 0.25) is 0 Å². The van der Waals surface area contributed by atoms with Gasteiger partial charge in [-0.25, -0.2) is 9.78 Å². The standard InChI is InChI=1S/C18H19F3N4O3/c1-9(22-16(26)27-17(2,3)4)14-8-13(25-28-14)15-23-11-6-5-10(18(19,20)21)7-12(11)24-15/h5-9H,1-4H3,(H,22,26)(H,23,24). The number of hydrogen-bond acceptors (Lipinski definition) is 5. The molecular weight excluding hydrogens is 377 g/mol. The van der Waals surface area contributed by atoms with Crippen LogP contribution in [0.4, 0.5) is 18.0 Å². The minimum atomic E-state index is -4.44. The highest BCUT2D eigenvalue weighted by Crippen LogP contribution is 2.31. The van der Waals surface area contributed by atoms with E-state index in [1.807, 2.05) is 0 Å². The third-order valence-electron chi connectivity index (χ3n) is 3.74. The quantitative estimate of drug-likeness (QED) is 0.662. The van der Waals surface area contributed by atoms with E-state index in [1.54, 1.807) is 33.8 Å². The van der Waals surface area contributed by atoms with E-state index in [-0.39, 0.29) is 11.3 Å². The van der Waals surface area contributed by atoms with Crippen LogP contribution in [0.15, 0.2) is 28.8 Å². The second-order valence-electron chi connectivity index (χ2n) is 7.30. The van der Waals surface area contributed by atoms with Crippen molar-refractivity contribution >= 4 is 17.1 Å². The molecule has 3 rings (SSSR count). The fourth-order valence-corrected chi connectivity index (χ4v) is 2.47. The Labute approximate surface area is 158 Å². The summed E-state index contributed by atoms with van der Waals surface area (Å²) in [6.07, 6.45) is -5.05. The number of rotatable bonds is 3. The van der Waals surface area contributed by atoms with Crippen molar-refractivity contribution in [2.75, 3.05) is 0 Å². The zero-order chi connectivity index (χ0) is 20.7. The zero-order valence-corrected chi connectivity index (χ0v) is 15.6. The number of fused-ring (bicyclic) bond motifs is 1. The molecule has 0 aliphatic heterocycles. The molecule has 0 aliphatic carbocycles. The van der Waals surface area contributed by atoms with Gasteiger partial charge in [0.15, 0.2) is 11.6 Å². The van der Waals surface area contributed by atoms with Crippen molar-refractivity contribution in [2.24, 2.45) is 0 Å². The largest absolute Gasteiger partial charge is 0.444 e. The van der Waals surface area contributed by atoms with Crippen LogP contribution in [0, 0.1) is 0 Å². The van der Waals surface area contributed by atoms with Crippen molar-refractivity contribution in [2.45, 2.75) is 45.5 Å². The van der Waals surface area contributed by atoms with Crippen LogP contribution >= 0.6 is 0 Å². The number of aromatic amines is 1. The Morgan fingerprint density at radius 2 is 1.96 bits per heavy atom. The zero-order valence-electron chi connectivity index (χ0n) is 15.6. The highest BCUT2D eigenvalue weighted by molar-refractivity contribution is 5.79.